The van der Waals surface area contributed by atoms with Crippen molar-refractivity contribution < 1.29 is 14.8 Å². The van der Waals surface area contributed by atoms with Gasteiger partial charge in [-0.25, -0.2) is 0 Å². The third kappa shape index (κ3) is 2.78. The summed E-state index contributed by atoms with van der Waals surface area (Å²) >= 11 is 3.16. The first-order valence-corrected chi connectivity index (χ1v) is 5.76. The Morgan fingerprint density at radius 2 is 1.72 bits per heavy atom. The lowest BCUT2D eigenvalue weighted by Gasteiger charge is -2.06. The van der Waals surface area contributed by atoms with Crippen molar-refractivity contribution in [2.75, 3.05) is 0 Å². The van der Waals surface area contributed by atoms with Crippen LogP contribution in [-0.4, -0.2) is 10.0 Å². The molecule has 0 bridgehead atoms. The van der Waals surface area contributed by atoms with Crippen molar-refractivity contribution in [2.45, 2.75) is 0 Å². The lowest BCUT2D eigenvalue weighted by Crippen LogP contribution is -1.88. The van der Waals surface area contributed by atoms with Gasteiger partial charge in [0.25, 0.3) is 5.69 Å². The first-order valence-electron chi connectivity index (χ1n) is 4.97. The molecule has 0 saturated carbocycles. The van der Waals surface area contributed by atoms with Crippen LogP contribution in [0.25, 0.3) is 0 Å². The summed E-state index contributed by atoms with van der Waals surface area (Å²) in [6.07, 6.45) is 0. The molecule has 6 heteroatoms. The Kier molecular flexibility index (Phi) is 3.47. The van der Waals surface area contributed by atoms with Crippen LogP contribution in [0.5, 0.6) is 17.2 Å². The summed E-state index contributed by atoms with van der Waals surface area (Å²) < 4.78 is 6.01. The number of non-ortho nitro benzene ring substituents is 1. The highest BCUT2D eigenvalue weighted by Crippen LogP contribution is 2.31. The SMILES string of the molecule is O=[N+]([O-])c1ccc(Oc2ccc(Br)c(O)c2)cc1. The van der Waals surface area contributed by atoms with Crippen molar-refractivity contribution in [3.05, 3.63) is 57.1 Å². The van der Waals surface area contributed by atoms with Crippen molar-refractivity contribution in [2.24, 2.45) is 0 Å². The van der Waals surface area contributed by atoms with Crippen molar-refractivity contribution >= 4 is 21.6 Å². The van der Waals surface area contributed by atoms with E-state index in [4.69, 9.17) is 4.74 Å². The number of benzene rings is 2. The molecule has 1 N–H and O–H groups in total. The van der Waals surface area contributed by atoms with E-state index in [0.717, 1.165) is 0 Å². The van der Waals surface area contributed by atoms with Gasteiger partial charge in [0.1, 0.15) is 17.2 Å². The summed E-state index contributed by atoms with van der Waals surface area (Å²) in [6, 6.07) is 10.5. The second-order valence-electron chi connectivity index (χ2n) is 3.47. The zero-order valence-corrected chi connectivity index (χ0v) is 10.6. The normalized spacial score (nSPS) is 10.1. The van der Waals surface area contributed by atoms with Crippen molar-refractivity contribution in [3.63, 3.8) is 0 Å². The van der Waals surface area contributed by atoms with Gasteiger partial charge in [-0.3, -0.25) is 10.1 Å². The topological polar surface area (TPSA) is 72.6 Å². The molecule has 5 nitrogen and oxygen atoms in total. The fourth-order valence-corrected chi connectivity index (χ4v) is 1.57. The van der Waals surface area contributed by atoms with Gasteiger partial charge in [0.2, 0.25) is 0 Å². The van der Waals surface area contributed by atoms with E-state index >= 15 is 0 Å². The van der Waals surface area contributed by atoms with Gasteiger partial charge in [-0.1, -0.05) is 0 Å². The predicted molar refractivity (Wildman–Crippen MR) is 69.0 cm³/mol. The maximum absolute atomic E-state index is 10.5. The molecule has 0 heterocycles. The van der Waals surface area contributed by atoms with Gasteiger partial charge in [-0.15, -0.1) is 0 Å². The van der Waals surface area contributed by atoms with Crippen molar-refractivity contribution in [3.8, 4) is 17.2 Å². The number of nitro benzene ring substituents is 1. The molecule has 0 atom stereocenters. The van der Waals surface area contributed by atoms with Crippen LogP contribution in [-0.2, 0) is 0 Å². The second-order valence-corrected chi connectivity index (χ2v) is 4.32. The zero-order valence-electron chi connectivity index (χ0n) is 9.04. The van der Waals surface area contributed by atoms with Gasteiger partial charge in [-0.2, -0.15) is 0 Å². The number of nitro groups is 1. The van der Waals surface area contributed by atoms with Crippen LogP contribution in [0.4, 0.5) is 5.69 Å². The molecule has 2 aromatic rings. The molecule has 2 aromatic carbocycles. The Balaban J connectivity index is 2.18. The van der Waals surface area contributed by atoms with Gasteiger partial charge in [0.05, 0.1) is 9.40 Å². The highest BCUT2D eigenvalue weighted by Gasteiger charge is 2.06. The first-order chi connectivity index (χ1) is 8.56. The minimum absolute atomic E-state index is 0.000929. The first kappa shape index (κ1) is 12.4. The Morgan fingerprint density at radius 1 is 1.11 bits per heavy atom. The minimum atomic E-state index is -0.477. The molecular formula is C12H8BrNO4. The lowest BCUT2D eigenvalue weighted by atomic mass is 10.3. The van der Waals surface area contributed by atoms with Gasteiger partial charge in [0.15, 0.2) is 0 Å². The van der Waals surface area contributed by atoms with Crippen molar-refractivity contribution in [1.82, 2.24) is 0 Å². The van der Waals surface area contributed by atoms with E-state index in [0.29, 0.717) is 16.0 Å². The quantitative estimate of drug-likeness (QED) is 0.690. The van der Waals surface area contributed by atoms with E-state index in [2.05, 4.69) is 15.9 Å². The monoisotopic (exact) mass is 309 g/mol. The third-order valence-electron chi connectivity index (χ3n) is 2.20. The molecule has 92 valence electrons. The Morgan fingerprint density at radius 3 is 2.28 bits per heavy atom. The Hall–Kier alpha value is -2.08. The smallest absolute Gasteiger partial charge is 0.269 e. The number of aromatic hydroxyl groups is 1. The molecule has 0 fully saturated rings. The van der Waals surface area contributed by atoms with Crippen LogP contribution >= 0.6 is 15.9 Å². The molecular weight excluding hydrogens is 302 g/mol. The molecule has 0 saturated heterocycles. The molecule has 0 unspecified atom stereocenters. The van der Waals surface area contributed by atoms with Gasteiger partial charge < -0.3 is 9.84 Å². The van der Waals surface area contributed by atoms with Crippen LogP contribution in [0.3, 0.4) is 0 Å². The summed E-state index contributed by atoms with van der Waals surface area (Å²) in [4.78, 5) is 10.0. The van der Waals surface area contributed by atoms with Crippen LogP contribution in [0.2, 0.25) is 0 Å². The van der Waals surface area contributed by atoms with E-state index in [1.54, 1.807) is 12.1 Å². The number of hydrogen-bond donors (Lipinski definition) is 1. The largest absolute Gasteiger partial charge is 0.507 e. The van der Waals surface area contributed by atoms with Crippen molar-refractivity contribution in [1.29, 1.82) is 0 Å². The Bertz CT molecular complexity index is 583. The second kappa shape index (κ2) is 5.05. The maximum atomic E-state index is 10.5. The van der Waals surface area contributed by atoms with Crippen LogP contribution < -0.4 is 4.74 Å². The average Bonchev–Trinajstić information content (AvgIpc) is 2.34. The average molecular weight is 310 g/mol. The lowest BCUT2D eigenvalue weighted by molar-refractivity contribution is -0.384. The summed E-state index contributed by atoms with van der Waals surface area (Å²) in [5, 5.41) is 20.0. The molecule has 0 aliphatic heterocycles. The highest BCUT2D eigenvalue weighted by molar-refractivity contribution is 9.10. The summed E-state index contributed by atoms with van der Waals surface area (Å²) in [6.45, 7) is 0. The number of rotatable bonds is 3. The van der Waals surface area contributed by atoms with E-state index in [-0.39, 0.29) is 11.4 Å². The van der Waals surface area contributed by atoms with Gasteiger partial charge >= 0.3 is 0 Å². The van der Waals surface area contributed by atoms with Crippen LogP contribution in [0, 0.1) is 10.1 Å². The number of ether oxygens (including phenoxy) is 1. The standard InChI is InChI=1S/C12H8BrNO4/c13-11-6-5-10(7-12(11)15)18-9-3-1-8(2-4-9)14(16)17/h1-7,15H. The van der Waals surface area contributed by atoms with Gasteiger partial charge in [-0.05, 0) is 40.2 Å². The molecule has 18 heavy (non-hydrogen) atoms. The third-order valence-corrected chi connectivity index (χ3v) is 2.87. The van der Waals surface area contributed by atoms with Crippen LogP contribution in [0.1, 0.15) is 0 Å². The fraction of sp³-hybridized carbons (Fsp3) is 0. The number of phenolic OH excluding ortho intramolecular Hbond substituents is 1. The highest BCUT2D eigenvalue weighted by atomic mass is 79.9. The summed E-state index contributed by atoms with van der Waals surface area (Å²) in [5.74, 6) is 0.973. The molecule has 2 rings (SSSR count). The molecule has 0 aliphatic rings. The fourth-order valence-electron chi connectivity index (χ4n) is 1.33. The van der Waals surface area contributed by atoms with E-state index < -0.39 is 4.92 Å². The summed E-state index contributed by atoms with van der Waals surface area (Å²) in [7, 11) is 0. The number of nitrogens with zero attached hydrogens (tertiary/aromatic N) is 1. The summed E-state index contributed by atoms with van der Waals surface area (Å²) in [5.41, 5.74) is 0.000929. The molecule has 0 aromatic heterocycles. The van der Waals surface area contributed by atoms with Crippen LogP contribution in [0.15, 0.2) is 46.9 Å². The Labute approximate surface area is 111 Å². The zero-order chi connectivity index (χ0) is 13.1. The molecule has 0 aliphatic carbocycles. The van der Waals surface area contributed by atoms with Gasteiger partial charge in [0, 0.05) is 18.2 Å². The number of phenols is 1. The number of hydrogen-bond acceptors (Lipinski definition) is 4. The molecule has 0 amide bonds. The van der Waals surface area contributed by atoms with E-state index in [1.165, 1.54) is 30.3 Å². The minimum Gasteiger partial charge on any atom is -0.507 e. The molecule has 0 spiro atoms. The van der Waals surface area contributed by atoms with E-state index in [9.17, 15) is 15.2 Å². The maximum Gasteiger partial charge on any atom is 0.269 e. The predicted octanol–water partition coefficient (Wildman–Crippen LogP) is 3.86. The van der Waals surface area contributed by atoms with E-state index in [1.807, 2.05) is 0 Å². The number of halogens is 1. The molecule has 0 radical (unpaired) electrons.